The van der Waals surface area contributed by atoms with E-state index in [1.807, 2.05) is 24.3 Å². The maximum absolute atomic E-state index is 5.96. The van der Waals surface area contributed by atoms with Crippen molar-refractivity contribution >= 4 is 11.0 Å². The van der Waals surface area contributed by atoms with E-state index >= 15 is 0 Å². The molecule has 0 fully saturated rings. The number of fused-ring (bicyclic) bond motifs is 1. The lowest BCUT2D eigenvalue weighted by molar-refractivity contribution is 0.173. The Bertz CT molecular complexity index is 808. The SMILES string of the molecule is COCc1nc2ccccc2n1CCOc1ccc(C)cc1C. The van der Waals surface area contributed by atoms with Gasteiger partial charge in [-0.3, -0.25) is 0 Å². The molecule has 23 heavy (non-hydrogen) atoms. The lowest BCUT2D eigenvalue weighted by Gasteiger charge is -2.12. The van der Waals surface area contributed by atoms with E-state index in [0.29, 0.717) is 13.2 Å². The monoisotopic (exact) mass is 310 g/mol. The van der Waals surface area contributed by atoms with Gasteiger partial charge in [0.1, 0.15) is 24.8 Å². The van der Waals surface area contributed by atoms with Gasteiger partial charge in [-0.1, -0.05) is 29.8 Å². The average molecular weight is 310 g/mol. The molecule has 0 N–H and O–H groups in total. The van der Waals surface area contributed by atoms with E-state index in [-0.39, 0.29) is 0 Å². The molecule has 0 unspecified atom stereocenters. The van der Waals surface area contributed by atoms with E-state index < -0.39 is 0 Å². The van der Waals surface area contributed by atoms with Crippen molar-refractivity contribution in [3.05, 3.63) is 59.4 Å². The van der Waals surface area contributed by atoms with Gasteiger partial charge in [-0.25, -0.2) is 4.98 Å². The van der Waals surface area contributed by atoms with Gasteiger partial charge in [0.05, 0.1) is 17.6 Å². The first-order valence-electron chi connectivity index (χ1n) is 7.82. The summed E-state index contributed by atoms with van der Waals surface area (Å²) >= 11 is 0. The number of hydrogen-bond donors (Lipinski definition) is 0. The highest BCUT2D eigenvalue weighted by molar-refractivity contribution is 5.75. The fourth-order valence-corrected chi connectivity index (χ4v) is 2.82. The summed E-state index contributed by atoms with van der Waals surface area (Å²) in [5.41, 5.74) is 4.52. The molecule has 0 saturated carbocycles. The molecule has 0 amide bonds. The Morgan fingerprint density at radius 3 is 2.70 bits per heavy atom. The van der Waals surface area contributed by atoms with Crippen LogP contribution in [0.5, 0.6) is 5.75 Å². The van der Waals surface area contributed by atoms with Crippen molar-refractivity contribution in [1.29, 1.82) is 0 Å². The zero-order chi connectivity index (χ0) is 16.2. The quantitative estimate of drug-likeness (QED) is 0.693. The minimum absolute atomic E-state index is 0.498. The number of benzene rings is 2. The van der Waals surface area contributed by atoms with Crippen LogP contribution in [0.3, 0.4) is 0 Å². The van der Waals surface area contributed by atoms with Crippen molar-refractivity contribution in [2.24, 2.45) is 0 Å². The fourth-order valence-electron chi connectivity index (χ4n) is 2.82. The third-order valence-corrected chi connectivity index (χ3v) is 3.91. The van der Waals surface area contributed by atoms with E-state index in [4.69, 9.17) is 9.47 Å². The number of ether oxygens (including phenoxy) is 2. The molecule has 4 heteroatoms. The van der Waals surface area contributed by atoms with E-state index in [1.165, 1.54) is 5.56 Å². The lowest BCUT2D eigenvalue weighted by Crippen LogP contribution is -2.12. The van der Waals surface area contributed by atoms with Crippen LogP contribution in [-0.4, -0.2) is 23.3 Å². The topological polar surface area (TPSA) is 36.3 Å². The average Bonchev–Trinajstić information content (AvgIpc) is 2.88. The summed E-state index contributed by atoms with van der Waals surface area (Å²) in [7, 11) is 1.69. The van der Waals surface area contributed by atoms with Gasteiger partial charge in [0.15, 0.2) is 0 Å². The summed E-state index contributed by atoms with van der Waals surface area (Å²) < 4.78 is 13.4. The highest BCUT2D eigenvalue weighted by Crippen LogP contribution is 2.20. The molecular weight excluding hydrogens is 288 g/mol. The first kappa shape index (κ1) is 15.6. The summed E-state index contributed by atoms with van der Waals surface area (Å²) in [6.07, 6.45) is 0. The second-order valence-corrected chi connectivity index (χ2v) is 5.72. The lowest BCUT2D eigenvalue weighted by atomic mass is 10.1. The van der Waals surface area contributed by atoms with Gasteiger partial charge >= 0.3 is 0 Å². The summed E-state index contributed by atoms with van der Waals surface area (Å²) in [6.45, 7) is 6.00. The van der Waals surface area contributed by atoms with Crippen LogP contribution in [0, 0.1) is 13.8 Å². The first-order valence-corrected chi connectivity index (χ1v) is 7.82. The number of aryl methyl sites for hydroxylation is 2. The number of imidazole rings is 1. The predicted molar refractivity (Wildman–Crippen MR) is 91.9 cm³/mol. The zero-order valence-electron chi connectivity index (χ0n) is 13.9. The standard InChI is InChI=1S/C19H22N2O2/c1-14-8-9-18(15(2)12-14)23-11-10-21-17-7-5-4-6-16(17)20-19(21)13-22-3/h4-9,12H,10-11,13H2,1-3H3. The molecule has 0 saturated heterocycles. The Morgan fingerprint density at radius 2 is 1.91 bits per heavy atom. The summed E-state index contributed by atoms with van der Waals surface area (Å²) in [5.74, 6) is 1.87. The molecule has 3 rings (SSSR count). The Labute approximate surface area is 136 Å². The van der Waals surface area contributed by atoms with Crippen LogP contribution in [0.2, 0.25) is 0 Å². The van der Waals surface area contributed by atoms with Gasteiger partial charge in [-0.05, 0) is 37.6 Å². The molecule has 0 spiro atoms. The largest absolute Gasteiger partial charge is 0.491 e. The van der Waals surface area contributed by atoms with Crippen LogP contribution < -0.4 is 4.74 Å². The molecule has 3 aromatic rings. The van der Waals surface area contributed by atoms with Crippen molar-refractivity contribution < 1.29 is 9.47 Å². The summed E-state index contributed by atoms with van der Waals surface area (Å²) in [6, 6.07) is 14.4. The maximum Gasteiger partial charge on any atom is 0.136 e. The Morgan fingerprint density at radius 1 is 1.09 bits per heavy atom. The van der Waals surface area contributed by atoms with Gasteiger partial charge in [0.25, 0.3) is 0 Å². The number of nitrogens with zero attached hydrogens (tertiary/aromatic N) is 2. The van der Waals surface area contributed by atoms with Crippen molar-refractivity contribution in [3.63, 3.8) is 0 Å². The van der Waals surface area contributed by atoms with Gasteiger partial charge < -0.3 is 14.0 Å². The highest BCUT2D eigenvalue weighted by Gasteiger charge is 2.10. The molecule has 1 aromatic heterocycles. The number of hydrogen-bond acceptors (Lipinski definition) is 3. The number of aromatic nitrogens is 2. The third-order valence-electron chi connectivity index (χ3n) is 3.91. The van der Waals surface area contributed by atoms with Crippen molar-refractivity contribution in [3.8, 4) is 5.75 Å². The number of rotatable bonds is 6. The number of para-hydroxylation sites is 2. The van der Waals surface area contributed by atoms with Crippen LogP contribution in [0.15, 0.2) is 42.5 Å². The van der Waals surface area contributed by atoms with Gasteiger partial charge in [0, 0.05) is 7.11 Å². The fraction of sp³-hybridized carbons (Fsp3) is 0.316. The summed E-state index contributed by atoms with van der Waals surface area (Å²) in [5, 5.41) is 0. The Balaban J connectivity index is 1.77. The minimum atomic E-state index is 0.498. The molecule has 4 nitrogen and oxygen atoms in total. The second-order valence-electron chi connectivity index (χ2n) is 5.72. The van der Waals surface area contributed by atoms with Crippen molar-refractivity contribution in [2.75, 3.05) is 13.7 Å². The predicted octanol–water partition coefficient (Wildman–Crippen LogP) is 3.88. The van der Waals surface area contributed by atoms with Crippen LogP contribution in [0.4, 0.5) is 0 Å². The zero-order valence-corrected chi connectivity index (χ0v) is 13.9. The molecule has 1 heterocycles. The van der Waals surface area contributed by atoms with Gasteiger partial charge in [-0.15, -0.1) is 0 Å². The first-order chi connectivity index (χ1) is 11.2. The smallest absolute Gasteiger partial charge is 0.136 e. The molecule has 120 valence electrons. The van der Waals surface area contributed by atoms with Gasteiger partial charge in [-0.2, -0.15) is 0 Å². The van der Waals surface area contributed by atoms with Crippen LogP contribution in [0.1, 0.15) is 17.0 Å². The highest BCUT2D eigenvalue weighted by atomic mass is 16.5. The van der Waals surface area contributed by atoms with Crippen LogP contribution in [-0.2, 0) is 17.9 Å². The minimum Gasteiger partial charge on any atom is -0.491 e. The summed E-state index contributed by atoms with van der Waals surface area (Å²) in [4.78, 5) is 4.64. The van der Waals surface area contributed by atoms with E-state index in [2.05, 4.69) is 41.6 Å². The van der Waals surface area contributed by atoms with E-state index in [9.17, 15) is 0 Å². The third kappa shape index (κ3) is 3.37. The number of methoxy groups -OCH3 is 1. The molecular formula is C19H22N2O2. The molecule has 0 aliphatic heterocycles. The van der Waals surface area contributed by atoms with Crippen LogP contribution >= 0.6 is 0 Å². The van der Waals surface area contributed by atoms with E-state index in [0.717, 1.165) is 34.7 Å². The molecule has 2 aromatic carbocycles. The molecule has 0 aliphatic carbocycles. The molecule has 0 bridgehead atoms. The maximum atomic E-state index is 5.96. The molecule has 0 atom stereocenters. The van der Waals surface area contributed by atoms with Gasteiger partial charge in [0.2, 0.25) is 0 Å². The Hall–Kier alpha value is -2.33. The second kappa shape index (κ2) is 6.84. The Kier molecular flexibility index (Phi) is 4.63. The van der Waals surface area contributed by atoms with Crippen LogP contribution in [0.25, 0.3) is 11.0 Å². The van der Waals surface area contributed by atoms with Crippen molar-refractivity contribution in [1.82, 2.24) is 9.55 Å². The normalized spacial score (nSPS) is 11.1. The van der Waals surface area contributed by atoms with E-state index in [1.54, 1.807) is 7.11 Å². The molecule has 0 radical (unpaired) electrons. The molecule has 0 aliphatic rings. The van der Waals surface area contributed by atoms with Crippen molar-refractivity contribution in [2.45, 2.75) is 27.0 Å².